The minimum atomic E-state index is -0.212. The summed E-state index contributed by atoms with van der Waals surface area (Å²) >= 11 is 0. The first-order valence-corrected chi connectivity index (χ1v) is 7.61. The van der Waals surface area contributed by atoms with Crippen LogP contribution in [0.2, 0.25) is 0 Å². The van der Waals surface area contributed by atoms with Crippen molar-refractivity contribution in [2.75, 3.05) is 17.7 Å². The molecular formula is C18H20N2O2. The Hall–Kier alpha value is -2.49. The summed E-state index contributed by atoms with van der Waals surface area (Å²) in [6, 6.07) is 13.3. The quantitative estimate of drug-likeness (QED) is 0.852. The number of hydrogen-bond donors (Lipinski definition) is 2. The van der Waals surface area contributed by atoms with Crippen LogP contribution in [-0.4, -0.2) is 12.5 Å². The van der Waals surface area contributed by atoms with E-state index in [2.05, 4.69) is 17.4 Å². The van der Waals surface area contributed by atoms with Crippen molar-refractivity contribution < 1.29 is 9.53 Å². The van der Waals surface area contributed by atoms with E-state index in [0.29, 0.717) is 11.4 Å². The van der Waals surface area contributed by atoms with Crippen molar-refractivity contribution in [3.63, 3.8) is 0 Å². The van der Waals surface area contributed by atoms with Crippen molar-refractivity contribution in [2.24, 2.45) is 0 Å². The molecule has 0 fully saturated rings. The van der Waals surface area contributed by atoms with Gasteiger partial charge in [-0.2, -0.15) is 0 Å². The monoisotopic (exact) mass is 296 g/mol. The SMILES string of the molecule is Nc1ccccc1NC(=O)COc1ccc2c(c1)CCCC2. The molecule has 22 heavy (non-hydrogen) atoms. The van der Waals surface area contributed by atoms with E-state index in [1.165, 1.54) is 24.0 Å². The van der Waals surface area contributed by atoms with Crippen LogP contribution in [0.15, 0.2) is 42.5 Å². The average Bonchev–Trinajstić information content (AvgIpc) is 2.55. The Morgan fingerprint density at radius 1 is 1.09 bits per heavy atom. The number of aryl methyl sites for hydroxylation is 2. The van der Waals surface area contributed by atoms with Crippen molar-refractivity contribution in [3.05, 3.63) is 53.6 Å². The number of amides is 1. The van der Waals surface area contributed by atoms with Gasteiger partial charge in [-0.1, -0.05) is 18.2 Å². The Balaban J connectivity index is 1.58. The van der Waals surface area contributed by atoms with Gasteiger partial charge in [0.25, 0.3) is 5.91 Å². The van der Waals surface area contributed by atoms with Crippen LogP contribution in [0.4, 0.5) is 11.4 Å². The molecule has 0 aromatic heterocycles. The van der Waals surface area contributed by atoms with Gasteiger partial charge in [-0.05, 0) is 61.1 Å². The highest BCUT2D eigenvalue weighted by atomic mass is 16.5. The molecule has 1 aliphatic carbocycles. The second-order valence-corrected chi connectivity index (χ2v) is 5.56. The minimum Gasteiger partial charge on any atom is -0.484 e. The molecule has 0 unspecified atom stereocenters. The fourth-order valence-electron chi connectivity index (χ4n) is 2.75. The first-order valence-electron chi connectivity index (χ1n) is 7.61. The van der Waals surface area contributed by atoms with Gasteiger partial charge in [0.15, 0.2) is 6.61 Å². The molecule has 4 heteroatoms. The van der Waals surface area contributed by atoms with Crippen LogP contribution in [0.3, 0.4) is 0 Å². The molecule has 0 saturated carbocycles. The number of rotatable bonds is 4. The van der Waals surface area contributed by atoms with E-state index in [4.69, 9.17) is 10.5 Å². The Morgan fingerprint density at radius 2 is 1.86 bits per heavy atom. The minimum absolute atomic E-state index is 0.0207. The van der Waals surface area contributed by atoms with Gasteiger partial charge in [-0.15, -0.1) is 0 Å². The van der Waals surface area contributed by atoms with Crippen molar-refractivity contribution in [1.29, 1.82) is 0 Å². The number of hydrogen-bond acceptors (Lipinski definition) is 3. The maximum atomic E-state index is 11.9. The standard InChI is InChI=1S/C18H20N2O2/c19-16-7-3-4-8-17(16)20-18(21)12-22-15-10-9-13-5-1-2-6-14(13)11-15/h3-4,7-11H,1-2,5-6,12,19H2,(H,20,21). The highest BCUT2D eigenvalue weighted by Crippen LogP contribution is 2.25. The molecule has 0 aliphatic heterocycles. The summed E-state index contributed by atoms with van der Waals surface area (Å²) in [5.41, 5.74) is 9.70. The van der Waals surface area contributed by atoms with E-state index in [1.807, 2.05) is 18.2 Å². The molecule has 3 rings (SSSR count). The van der Waals surface area contributed by atoms with Gasteiger partial charge in [0.2, 0.25) is 0 Å². The molecule has 0 bridgehead atoms. The van der Waals surface area contributed by atoms with Gasteiger partial charge in [0, 0.05) is 0 Å². The van der Waals surface area contributed by atoms with Crippen LogP contribution in [0.25, 0.3) is 0 Å². The fraction of sp³-hybridized carbons (Fsp3) is 0.278. The molecule has 2 aromatic rings. The number of fused-ring (bicyclic) bond motifs is 1. The predicted molar refractivity (Wildman–Crippen MR) is 88.1 cm³/mol. The topological polar surface area (TPSA) is 64.3 Å². The number of carbonyl (C=O) groups excluding carboxylic acids is 1. The van der Waals surface area contributed by atoms with Crippen molar-refractivity contribution >= 4 is 17.3 Å². The second kappa shape index (κ2) is 6.52. The summed E-state index contributed by atoms with van der Waals surface area (Å²) in [5.74, 6) is 0.535. The zero-order chi connectivity index (χ0) is 15.4. The highest BCUT2D eigenvalue weighted by molar-refractivity contribution is 5.94. The van der Waals surface area contributed by atoms with Gasteiger partial charge >= 0.3 is 0 Å². The smallest absolute Gasteiger partial charge is 0.262 e. The summed E-state index contributed by atoms with van der Waals surface area (Å²) in [6.07, 6.45) is 4.72. The Morgan fingerprint density at radius 3 is 2.68 bits per heavy atom. The predicted octanol–water partition coefficient (Wildman–Crippen LogP) is 3.17. The van der Waals surface area contributed by atoms with E-state index in [-0.39, 0.29) is 12.5 Å². The molecule has 0 radical (unpaired) electrons. The Bertz CT molecular complexity index is 683. The van der Waals surface area contributed by atoms with Crippen molar-refractivity contribution in [3.8, 4) is 5.75 Å². The van der Waals surface area contributed by atoms with Crippen LogP contribution >= 0.6 is 0 Å². The number of benzene rings is 2. The summed E-state index contributed by atoms with van der Waals surface area (Å²) < 4.78 is 5.59. The molecule has 1 amide bonds. The number of carbonyl (C=O) groups is 1. The molecule has 0 heterocycles. The van der Waals surface area contributed by atoms with E-state index < -0.39 is 0 Å². The van der Waals surface area contributed by atoms with Gasteiger partial charge < -0.3 is 15.8 Å². The van der Waals surface area contributed by atoms with E-state index in [9.17, 15) is 4.79 Å². The number of anilines is 2. The van der Waals surface area contributed by atoms with Crippen LogP contribution in [0.1, 0.15) is 24.0 Å². The number of nitrogens with one attached hydrogen (secondary N) is 1. The summed E-state index contributed by atoms with van der Waals surface area (Å²) in [6.45, 7) is -0.0207. The average molecular weight is 296 g/mol. The molecule has 4 nitrogen and oxygen atoms in total. The lowest BCUT2D eigenvalue weighted by molar-refractivity contribution is -0.118. The van der Waals surface area contributed by atoms with E-state index in [1.54, 1.807) is 12.1 Å². The van der Waals surface area contributed by atoms with Crippen LogP contribution in [-0.2, 0) is 17.6 Å². The van der Waals surface area contributed by atoms with Gasteiger partial charge in [-0.25, -0.2) is 0 Å². The Kier molecular flexibility index (Phi) is 4.28. The molecule has 0 atom stereocenters. The fourth-order valence-corrected chi connectivity index (χ4v) is 2.75. The lowest BCUT2D eigenvalue weighted by Gasteiger charge is -2.16. The van der Waals surface area contributed by atoms with Gasteiger partial charge in [0.1, 0.15) is 5.75 Å². The summed E-state index contributed by atoms with van der Waals surface area (Å²) in [5, 5.41) is 2.75. The lowest BCUT2D eigenvalue weighted by Crippen LogP contribution is -2.20. The number of para-hydroxylation sites is 2. The van der Waals surface area contributed by atoms with Crippen molar-refractivity contribution in [2.45, 2.75) is 25.7 Å². The third-order valence-corrected chi connectivity index (χ3v) is 3.92. The molecule has 0 spiro atoms. The van der Waals surface area contributed by atoms with Crippen molar-refractivity contribution in [1.82, 2.24) is 0 Å². The Labute approximate surface area is 130 Å². The third kappa shape index (κ3) is 3.39. The van der Waals surface area contributed by atoms with Crippen LogP contribution in [0, 0.1) is 0 Å². The zero-order valence-electron chi connectivity index (χ0n) is 12.5. The molecule has 0 saturated heterocycles. The third-order valence-electron chi connectivity index (χ3n) is 3.92. The van der Waals surface area contributed by atoms with Gasteiger partial charge in [0.05, 0.1) is 11.4 Å². The summed E-state index contributed by atoms with van der Waals surface area (Å²) in [7, 11) is 0. The molecule has 1 aliphatic rings. The normalized spacial score (nSPS) is 13.3. The number of nitrogen functional groups attached to an aromatic ring is 1. The van der Waals surface area contributed by atoms with E-state index >= 15 is 0 Å². The molecule has 114 valence electrons. The van der Waals surface area contributed by atoms with Crippen LogP contribution in [0.5, 0.6) is 5.75 Å². The number of ether oxygens (including phenoxy) is 1. The number of nitrogens with two attached hydrogens (primary N) is 1. The first kappa shape index (κ1) is 14.4. The summed E-state index contributed by atoms with van der Waals surface area (Å²) in [4.78, 5) is 11.9. The van der Waals surface area contributed by atoms with E-state index in [0.717, 1.165) is 18.6 Å². The highest BCUT2D eigenvalue weighted by Gasteiger charge is 2.11. The second-order valence-electron chi connectivity index (χ2n) is 5.56. The largest absolute Gasteiger partial charge is 0.484 e. The van der Waals surface area contributed by atoms with Crippen LogP contribution < -0.4 is 15.8 Å². The first-order chi connectivity index (χ1) is 10.7. The maximum absolute atomic E-state index is 11.9. The van der Waals surface area contributed by atoms with Gasteiger partial charge in [-0.3, -0.25) is 4.79 Å². The molecule has 3 N–H and O–H groups in total. The maximum Gasteiger partial charge on any atom is 0.262 e. The lowest BCUT2D eigenvalue weighted by atomic mass is 9.92. The zero-order valence-corrected chi connectivity index (χ0v) is 12.5. The molecule has 2 aromatic carbocycles. The molecular weight excluding hydrogens is 276 g/mol.